The molecule has 3 aromatic rings. The first-order chi connectivity index (χ1) is 12.9. The molecule has 0 fully saturated rings. The van der Waals surface area contributed by atoms with E-state index in [9.17, 15) is 14.0 Å². The maximum atomic E-state index is 13.2. The summed E-state index contributed by atoms with van der Waals surface area (Å²) in [6, 6.07) is 7.45. The van der Waals surface area contributed by atoms with E-state index < -0.39 is 6.04 Å². The van der Waals surface area contributed by atoms with Gasteiger partial charge in [-0.3, -0.25) is 9.59 Å². The number of aromatic nitrogens is 1. The highest BCUT2D eigenvalue weighted by molar-refractivity contribution is 7.18. The number of hydrogen-bond acceptors (Lipinski definition) is 5. The minimum atomic E-state index is -0.607. The smallest absolute Gasteiger partial charge is 0.262 e. The number of carbonyl (C=O) groups excluding carboxylic acids is 2. The van der Waals surface area contributed by atoms with Crippen LogP contribution in [0.3, 0.4) is 0 Å². The Labute approximate surface area is 164 Å². The van der Waals surface area contributed by atoms with Crippen molar-refractivity contribution in [3.8, 4) is 0 Å². The molecule has 8 heteroatoms. The largest absolute Gasteiger partial charge is 0.354 e. The van der Waals surface area contributed by atoms with Crippen LogP contribution in [0.25, 0.3) is 10.2 Å². The highest BCUT2D eigenvalue weighted by Gasteiger charge is 2.24. The fourth-order valence-electron chi connectivity index (χ4n) is 2.61. The zero-order chi connectivity index (χ0) is 19.4. The van der Waals surface area contributed by atoms with E-state index >= 15 is 0 Å². The van der Waals surface area contributed by atoms with Gasteiger partial charge >= 0.3 is 0 Å². The number of carbonyl (C=O) groups is 2. The molecule has 0 aliphatic carbocycles. The van der Waals surface area contributed by atoms with E-state index in [1.165, 1.54) is 34.8 Å². The van der Waals surface area contributed by atoms with Crippen LogP contribution in [0.5, 0.6) is 0 Å². The summed E-state index contributed by atoms with van der Waals surface area (Å²) in [6.45, 7) is 4.18. The maximum absolute atomic E-state index is 13.2. The van der Waals surface area contributed by atoms with Gasteiger partial charge in [-0.25, -0.2) is 9.37 Å². The summed E-state index contributed by atoms with van der Waals surface area (Å²) in [5.41, 5.74) is 0.629. The second-order valence-electron chi connectivity index (χ2n) is 6.43. The molecular formula is C19H20FN3O2S2. The molecule has 0 bridgehead atoms. The number of nitrogens with zero attached hydrogens (tertiary/aromatic N) is 1. The highest BCUT2D eigenvalue weighted by atomic mass is 32.1. The molecule has 0 spiro atoms. The van der Waals surface area contributed by atoms with Gasteiger partial charge in [-0.2, -0.15) is 0 Å². The second-order valence-corrected chi connectivity index (χ2v) is 8.50. The molecule has 142 valence electrons. The van der Waals surface area contributed by atoms with Crippen molar-refractivity contribution in [3.05, 3.63) is 51.4 Å². The average molecular weight is 406 g/mol. The lowest BCUT2D eigenvalue weighted by molar-refractivity contribution is -0.123. The molecule has 3 rings (SSSR count). The first-order valence-corrected chi connectivity index (χ1v) is 10.3. The van der Waals surface area contributed by atoms with Crippen LogP contribution in [-0.4, -0.2) is 29.4 Å². The Balaban J connectivity index is 1.56. The zero-order valence-electron chi connectivity index (χ0n) is 15.0. The average Bonchev–Trinajstić information content (AvgIpc) is 3.28. The standard InChI is InChI=1S/C19H20FN3O2S2/c1-11(2)17(23-18(24)15-4-3-9-26-15)19(25)21-8-7-16-22-13-10-12(20)5-6-14(13)27-16/h3-6,9-11,17H,7-8H2,1-2H3,(H,21,25)(H,23,24)/t17-/m0/s1. The van der Waals surface area contributed by atoms with E-state index in [4.69, 9.17) is 0 Å². The van der Waals surface area contributed by atoms with Gasteiger partial charge in [-0.15, -0.1) is 22.7 Å². The third kappa shape index (κ3) is 4.90. The Hall–Kier alpha value is -2.32. The van der Waals surface area contributed by atoms with Gasteiger partial charge in [-0.1, -0.05) is 19.9 Å². The molecule has 0 aliphatic rings. The molecule has 0 aliphatic heterocycles. The van der Waals surface area contributed by atoms with Gasteiger partial charge in [0.25, 0.3) is 5.91 Å². The molecule has 0 radical (unpaired) electrons. The first kappa shape index (κ1) is 19.4. The summed E-state index contributed by atoms with van der Waals surface area (Å²) in [4.78, 5) is 29.7. The van der Waals surface area contributed by atoms with Crippen LogP contribution in [0.15, 0.2) is 35.7 Å². The van der Waals surface area contributed by atoms with Crippen LogP contribution >= 0.6 is 22.7 Å². The highest BCUT2D eigenvalue weighted by Crippen LogP contribution is 2.22. The summed E-state index contributed by atoms with van der Waals surface area (Å²) in [5.74, 6) is -0.817. The fourth-order valence-corrected chi connectivity index (χ4v) is 4.19. The Morgan fingerprint density at radius 2 is 2.07 bits per heavy atom. The van der Waals surface area contributed by atoms with Gasteiger partial charge in [0.1, 0.15) is 11.9 Å². The molecule has 5 nitrogen and oxygen atoms in total. The van der Waals surface area contributed by atoms with Crippen molar-refractivity contribution >= 4 is 44.7 Å². The number of rotatable bonds is 7. The van der Waals surface area contributed by atoms with E-state index in [1.54, 1.807) is 18.2 Å². The zero-order valence-corrected chi connectivity index (χ0v) is 16.6. The molecule has 2 amide bonds. The van der Waals surface area contributed by atoms with Crippen molar-refractivity contribution in [1.29, 1.82) is 0 Å². The van der Waals surface area contributed by atoms with Gasteiger partial charge in [0, 0.05) is 19.0 Å². The van der Waals surface area contributed by atoms with Crippen LogP contribution in [0, 0.1) is 11.7 Å². The fraction of sp³-hybridized carbons (Fsp3) is 0.316. The lowest BCUT2D eigenvalue weighted by atomic mass is 10.0. The van der Waals surface area contributed by atoms with Crippen molar-refractivity contribution in [2.24, 2.45) is 5.92 Å². The molecular weight excluding hydrogens is 385 g/mol. The number of amides is 2. The monoisotopic (exact) mass is 405 g/mol. The lowest BCUT2D eigenvalue weighted by Gasteiger charge is -2.21. The number of halogens is 1. The SMILES string of the molecule is CC(C)[C@H](NC(=O)c1cccs1)C(=O)NCCc1nc2cc(F)ccc2s1. The van der Waals surface area contributed by atoms with Gasteiger partial charge in [-0.05, 0) is 29.5 Å². The molecule has 0 saturated heterocycles. The molecule has 1 atom stereocenters. The number of thiazole rings is 1. The molecule has 0 saturated carbocycles. The number of nitrogens with one attached hydrogen (secondary N) is 2. The number of benzene rings is 1. The van der Waals surface area contributed by atoms with Crippen molar-refractivity contribution in [2.75, 3.05) is 6.54 Å². The topological polar surface area (TPSA) is 71.1 Å². The molecule has 27 heavy (non-hydrogen) atoms. The second kappa shape index (κ2) is 8.58. The third-order valence-corrected chi connectivity index (χ3v) is 5.98. The number of fused-ring (bicyclic) bond motifs is 1. The van der Waals surface area contributed by atoms with E-state index in [0.717, 1.165) is 9.71 Å². The van der Waals surface area contributed by atoms with Gasteiger partial charge < -0.3 is 10.6 Å². The van der Waals surface area contributed by atoms with Crippen molar-refractivity contribution in [2.45, 2.75) is 26.3 Å². The van der Waals surface area contributed by atoms with Crippen LogP contribution in [-0.2, 0) is 11.2 Å². The lowest BCUT2D eigenvalue weighted by Crippen LogP contribution is -2.49. The van der Waals surface area contributed by atoms with Crippen molar-refractivity contribution < 1.29 is 14.0 Å². The summed E-state index contributed by atoms with van der Waals surface area (Å²) in [6.07, 6.45) is 0.552. The van der Waals surface area contributed by atoms with E-state index in [1.807, 2.05) is 19.2 Å². The van der Waals surface area contributed by atoms with Crippen LogP contribution < -0.4 is 10.6 Å². The predicted molar refractivity (Wildman–Crippen MR) is 107 cm³/mol. The summed E-state index contributed by atoms with van der Waals surface area (Å²) in [7, 11) is 0. The van der Waals surface area contributed by atoms with E-state index in [2.05, 4.69) is 15.6 Å². The maximum Gasteiger partial charge on any atom is 0.262 e. The molecule has 2 aromatic heterocycles. The number of hydrogen-bond donors (Lipinski definition) is 2. The molecule has 1 aromatic carbocycles. The Bertz CT molecular complexity index is 938. The Kier molecular flexibility index (Phi) is 6.18. The van der Waals surface area contributed by atoms with Crippen LogP contribution in [0.4, 0.5) is 4.39 Å². The first-order valence-electron chi connectivity index (χ1n) is 8.61. The quantitative estimate of drug-likeness (QED) is 0.631. The summed E-state index contributed by atoms with van der Waals surface area (Å²) >= 11 is 2.82. The molecule has 0 unspecified atom stereocenters. The van der Waals surface area contributed by atoms with Crippen LogP contribution in [0.2, 0.25) is 0 Å². The van der Waals surface area contributed by atoms with E-state index in [0.29, 0.717) is 23.4 Å². The molecule has 2 heterocycles. The van der Waals surface area contributed by atoms with Crippen molar-refractivity contribution in [3.63, 3.8) is 0 Å². The van der Waals surface area contributed by atoms with Gasteiger partial charge in [0.15, 0.2) is 0 Å². The van der Waals surface area contributed by atoms with Crippen molar-refractivity contribution in [1.82, 2.24) is 15.6 Å². The predicted octanol–water partition coefficient (Wildman–Crippen LogP) is 3.61. The van der Waals surface area contributed by atoms with E-state index in [-0.39, 0.29) is 23.5 Å². The summed E-state index contributed by atoms with van der Waals surface area (Å²) < 4.78 is 14.2. The Morgan fingerprint density at radius 1 is 1.26 bits per heavy atom. The normalized spacial score (nSPS) is 12.3. The minimum absolute atomic E-state index is 0.0423. The van der Waals surface area contributed by atoms with Gasteiger partial charge in [0.05, 0.1) is 20.1 Å². The Morgan fingerprint density at radius 3 is 2.78 bits per heavy atom. The third-order valence-electron chi connectivity index (χ3n) is 4.01. The molecule has 2 N–H and O–H groups in total. The number of thiophene rings is 1. The summed E-state index contributed by atoms with van der Waals surface area (Å²) in [5, 5.41) is 8.32. The van der Waals surface area contributed by atoms with Crippen LogP contribution in [0.1, 0.15) is 28.5 Å². The van der Waals surface area contributed by atoms with Gasteiger partial charge in [0.2, 0.25) is 5.91 Å². The minimum Gasteiger partial charge on any atom is -0.354 e.